The van der Waals surface area contributed by atoms with Gasteiger partial charge < -0.3 is 14.9 Å². The molecule has 2 aromatic rings. The fraction of sp³-hybridized carbons (Fsp3) is 0.333. The van der Waals surface area contributed by atoms with Gasteiger partial charge in [-0.1, -0.05) is 0 Å². The second-order valence-corrected chi connectivity index (χ2v) is 6.43. The van der Waals surface area contributed by atoms with Crippen molar-refractivity contribution in [2.24, 2.45) is 0 Å². The lowest BCUT2D eigenvalue weighted by Gasteiger charge is -2.39. The predicted octanol–water partition coefficient (Wildman–Crippen LogP) is 2.89. The Morgan fingerprint density at radius 3 is 2.77 bits per heavy atom. The van der Waals surface area contributed by atoms with Crippen LogP contribution in [0.4, 0.5) is 23.8 Å². The van der Waals surface area contributed by atoms with E-state index in [9.17, 15) is 23.1 Å². The van der Waals surface area contributed by atoms with Crippen LogP contribution in [0.25, 0.3) is 10.9 Å². The molecule has 1 N–H and O–H groups in total. The Hall–Kier alpha value is -2.61. The first-order valence-corrected chi connectivity index (χ1v) is 8.25. The molecule has 136 valence electrons. The van der Waals surface area contributed by atoms with Crippen LogP contribution in [0.1, 0.15) is 6.42 Å². The zero-order valence-electron chi connectivity index (χ0n) is 13.1. The molecule has 0 radical (unpaired) electrons. The summed E-state index contributed by atoms with van der Waals surface area (Å²) in [5, 5.41) is 18.1. The fourth-order valence-corrected chi connectivity index (χ4v) is 3.25. The molecule has 1 aromatic carbocycles. The van der Waals surface area contributed by atoms with Crippen molar-refractivity contribution in [3.05, 3.63) is 28.3 Å². The van der Waals surface area contributed by atoms with Crippen molar-refractivity contribution in [3.63, 3.8) is 0 Å². The van der Waals surface area contributed by atoms with Crippen LogP contribution >= 0.6 is 15.9 Å². The summed E-state index contributed by atoms with van der Waals surface area (Å²) >= 11 is 2.74. The van der Waals surface area contributed by atoms with E-state index in [1.165, 1.54) is 4.90 Å². The zero-order chi connectivity index (χ0) is 19.0. The van der Waals surface area contributed by atoms with E-state index in [4.69, 9.17) is 5.26 Å². The van der Waals surface area contributed by atoms with Gasteiger partial charge in [0, 0.05) is 25.0 Å². The molecule has 11 heteroatoms. The standard InChI is InChI=1S/C15H11BrF3N5O2/c16-10-9(17)5-8-12(11(10)18)21-14(19)22-13(8)23-3-4-24(15(25)26)7(6-23)1-2-20/h5,7H,1,3-4,6H2,(H,25,26)/t7-/m0/s1. The van der Waals surface area contributed by atoms with E-state index in [-0.39, 0.29) is 37.3 Å². The second kappa shape index (κ2) is 6.95. The summed E-state index contributed by atoms with van der Waals surface area (Å²) in [7, 11) is 0. The van der Waals surface area contributed by atoms with Gasteiger partial charge in [-0.25, -0.2) is 13.6 Å². The Bertz CT molecular complexity index is 936. The first-order chi connectivity index (χ1) is 12.3. The van der Waals surface area contributed by atoms with Crippen LogP contribution in [0.3, 0.4) is 0 Å². The molecule has 1 aliphatic rings. The van der Waals surface area contributed by atoms with Crippen molar-refractivity contribution in [3.8, 4) is 6.07 Å². The highest BCUT2D eigenvalue weighted by molar-refractivity contribution is 9.10. The van der Waals surface area contributed by atoms with Gasteiger partial charge >= 0.3 is 12.2 Å². The van der Waals surface area contributed by atoms with E-state index in [1.54, 1.807) is 0 Å². The molecule has 0 bridgehead atoms. The number of nitriles is 1. The SMILES string of the molecule is N#CC[C@H]1CN(c2nc(F)nc3c(F)c(Br)c(F)cc23)CCN1C(=O)O. The third-order valence-corrected chi connectivity index (χ3v) is 4.86. The summed E-state index contributed by atoms with van der Waals surface area (Å²) in [5.74, 6) is -2.00. The molecule has 0 saturated carbocycles. The number of hydrogen-bond acceptors (Lipinski definition) is 5. The van der Waals surface area contributed by atoms with Gasteiger partial charge in [-0.15, -0.1) is 0 Å². The summed E-state index contributed by atoms with van der Waals surface area (Å²) in [6.45, 7) is 0.195. The lowest BCUT2D eigenvalue weighted by atomic mass is 10.1. The van der Waals surface area contributed by atoms with Crippen LogP contribution in [0.5, 0.6) is 0 Å². The molecule has 0 aliphatic carbocycles. The van der Waals surface area contributed by atoms with Crippen LogP contribution in [0.15, 0.2) is 10.5 Å². The molecular weight excluding hydrogens is 419 g/mol. The van der Waals surface area contributed by atoms with Crippen molar-refractivity contribution in [1.82, 2.24) is 14.9 Å². The molecule has 1 fully saturated rings. The number of anilines is 1. The molecule has 1 amide bonds. The number of carboxylic acid groups (broad SMARTS) is 1. The minimum Gasteiger partial charge on any atom is -0.465 e. The summed E-state index contributed by atoms with van der Waals surface area (Å²) in [5.41, 5.74) is -0.390. The summed E-state index contributed by atoms with van der Waals surface area (Å²) in [6.07, 6.45) is -2.45. The molecule has 1 atom stereocenters. The van der Waals surface area contributed by atoms with Crippen molar-refractivity contribution in [2.75, 3.05) is 24.5 Å². The second-order valence-electron chi connectivity index (χ2n) is 5.64. The topological polar surface area (TPSA) is 93.4 Å². The van der Waals surface area contributed by atoms with Gasteiger partial charge in [-0.05, 0) is 22.0 Å². The van der Waals surface area contributed by atoms with Crippen molar-refractivity contribution in [1.29, 1.82) is 5.26 Å². The number of carbonyl (C=O) groups is 1. The van der Waals surface area contributed by atoms with Crippen molar-refractivity contribution >= 4 is 38.7 Å². The number of benzene rings is 1. The van der Waals surface area contributed by atoms with Crippen LogP contribution in [0, 0.1) is 29.0 Å². The smallest absolute Gasteiger partial charge is 0.407 e. The molecule has 0 unspecified atom stereocenters. The summed E-state index contributed by atoms with van der Waals surface area (Å²) in [4.78, 5) is 20.9. The number of amides is 1. The van der Waals surface area contributed by atoms with Gasteiger partial charge in [0.05, 0.1) is 23.0 Å². The molecule has 2 heterocycles. The molecule has 7 nitrogen and oxygen atoms in total. The third-order valence-electron chi connectivity index (χ3n) is 4.13. The van der Waals surface area contributed by atoms with Gasteiger partial charge in [-0.3, -0.25) is 0 Å². The Balaban J connectivity index is 2.08. The molecular formula is C15H11BrF3N5O2. The van der Waals surface area contributed by atoms with E-state index in [1.807, 2.05) is 6.07 Å². The number of rotatable bonds is 2. The van der Waals surface area contributed by atoms with E-state index in [0.29, 0.717) is 0 Å². The first kappa shape index (κ1) is 18.2. The number of nitrogens with zero attached hydrogens (tertiary/aromatic N) is 5. The monoisotopic (exact) mass is 429 g/mol. The molecule has 1 aromatic heterocycles. The van der Waals surface area contributed by atoms with E-state index >= 15 is 0 Å². The van der Waals surface area contributed by atoms with Crippen LogP contribution < -0.4 is 4.90 Å². The van der Waals surface area contributed by atoms with E-state index in [0.717, 1.165) is 11.0 Å². The quantitative estimate of drug-likeness (QED) is 0.582. The fourth-order valence-electron chi connectivity index (χ4n) is 2.95. The maximum Gasteiger partial charge on any atom is 0.407 e. The summed E-state index contributed by atoms with van der Waals surface area (Å²) < 4.78 is 41.6. The van der Waals surface area contributed by atoms with Gasteiger partial charge in [0.15, 0.2) is 5.82 Å². The van der Waals surface area contributed by atoms with Gasteiger partial charge in [0.2, 0.25) is 0 Å². The Morgan fingerprint density at radius 2 is 2.12 bits per heavy atom. The highest BCUT2D eigenvalue weighted by Gasteiger charge is 2.32. The highest BCUT2D eigenvalue weighted by atomic mass is 79.9. The molecule has 0 spiro atoms. The lowest BCUT2D eigenvalue weighted by Crippen LogP contribution is -2.55. The summed E-state index contributed by atoms with van der Waals surface area (Å²) in [6, 6.07) is 2.21. The predicted molar refractivity (Wildman–Crippen MR) is 88.1 cm³/mol. The van der Waals surface area contributed by atoms with Crippen molar-refractivity contribution in [2.45, 2.75) is 12.5 Å². The molecule has 1 aliphatic heterocycles. The Kier molecular flexibility index (Phi) is 4.86. The average Bonchev–Trinajstić information content (AvgIpc) is 2.60. The lowest BCUT2D eigenvalue weighted by molar-refractivity contribution is 0.119. The maximum absolute atomic E-state index is 14.3. The number of aromatic nitrogens is 2. The molecule has 3 rings (SSSR count). The minimum atomic E-state index is -1.19. The zero-order valence-corrected chi connectivity index (χ0v) is 14.7. The first-order valence-electron chi connectivity index (χ1n) is 7.45. The number of hydrogen-bond donors (Lipinski definition) is 1. The van der Waals surface area contributed by atoms with Crippen LogP contribution in [0.2, 0.25) is 0 Å². The highest BCUT2D eigenvalue weighted by Crippen LogP contribution is 2.32. The number of halogens is 4. The average molecular weight is 430 g/mol. The number of piperazine rings is 1. The van der Waals surface area contributed by atoms with E-state index < -0.39 is 39.8 Å². The normalized spacial score (nSPS) is 17.4. The van der Waals surface area contributed by atoms with E-state index in [2.05, 4.69) is 25.9 Å². The minimum absolute atomic E-state index is 0.0325. The molecule has 26 heavy (non-hydrogen) atoms. The van der Waals surface area contributed by atoms with Crippen LogP contribution in [-0.2, 0) is 0 Å². The Labute approximate surface area is 153 Å². The molecule has 1 saturated heterocycles. The van der Waals surface area contributed by atoms with Crippen molar-refractivity contribution < 1.29 is 23.1 Å². The number of fused-ring (bicyclic) bond motifs is 1. The third kappa shape index (κ3) is 3.12. The Morgan fingerprint density at radius 1 is 1.38 bits per heavy atom. The maximum atomic E-state index is 14.3. The van der Waals surface area contributed by atoms with Gasteiger partial charge in [0.25, 0.3) is 0 Å². The largest absolute Gasteiger partial charge is 0.465 e. The van der Waals surface area contributed by atoms with Crippen LogP contribution in [-0.4, -0.2) is 51.7 Å². The van der Waals surface area contributed by atoms with Gasteiger partial charge in [0.1, 0.15) is 17.2 Å². The van der Waals surface area contributed by atoms with Gasteiger partial charge in [-0.2, -0.15) is 19.6 Å².